The van der Waals surface area contributed by atoms with E-state index in [1.165, 1.54) is 0 Å². The summed E-state index contributed by atoms with van der Waals surface area (Å²) in [4.78, 5) is 0. The third-order valence-corrected chi connectivity index (χ3v) is 6.76. The van der Waals surface area contributed by atoms with Gasteiger partial charge in [0.25, 0.3) is 0 Å². The lowest BCUT2D eigenvalue weighted by Crippen LogP contribution is -2.29. The van der Waals surface area contributed by atoms with Crippen molar-refractivity contribution in [1.29, 1.82) is 5.26 Å². The molecule has 11 heavy (non-hydrogen) atoms. The highest BCUT2D eigenvalue weighted by atomic mass is 35.5. The second-order valence-electron chi connectivity index (χ2n) is 3.00. The number of rotatable bonds is 5. The number of nitrogens with zero attached hydrogens (tertiary/aromatic N) is 1. The van der Waals surface area contributed by atoms with E-state index in [4.69, 9.17) is 16.9 Å². The van der Waals surface area contributed by atoms with Crippen molar-refractivity contribution in [3.8, 4) is 6.07 Å². The van der Waals surface area contributed by atoms with Crippen LogP contribution in [0, 0.1) is 11.3 Å². The highest BCUT2D eigenvalue weighted by molar-refractivity contribution is 6.88. The first-order valence-electron chi connectivity index (χ1n) is 3.75. The third-order valence-electron chi connectivity index (χ3n) is 1.83. The molecule has 0 saturated carbocycles. The molecule has 0 saturated heterocycles. The van der Waals surface area contributed by atoms with Gasteiger partial charge in [-0.3, -0.25) is 0 Å². The molecule has 0 aromatic rings. The number of hydrogen-bond donors (Lipinski definition) is 0. The van der Waals surface area contributed by atoms with Crippen molar-refractivity contribution < 1.29 is 0 Å². The van der Waals surface area contributed by atoms with Gasteiger partial charge in [-0.05, 0) is 6.42 Å². The Hall–Kier alpha value is -0.263. The maximum Gasteiger partial charge on any atom is 0.0895 e. The molecule has 0 aromatic heterocycles. The third kappa shape index (κ3) is 4.23. The van der Waals surface area contributed by atoms with Gasteiger partial charge in [0, 0.05) is 11.9 Å². The second-order valence-corrected chi connectivity index (χ2v) is 8.29. The quantitative estimate of drug-likeness (QED) is 0.369. The molecule has 0 rings (SSSR count). The first-order chi connectivity index (χ1) is 5.18. The van der Waals surface area contributed by atoms with Crippen molar-refractivity contribution in [2.75, 3.05) is 5.50 Å². The minimum Gasteiger partial charge on any atom is -0.198 e. The van der Waals surface area contributed by atoms with Gasteiger partial charge in [-0.15, -0.1) is 23.9 Å². The Kier molecular flexibility index (Phi) is 5.27. The van der Waals surface area contributed by atoms with Gasteiger partial charge in [-0.25, -0.2) is 0 Å². The van der Waals surface area contributed by atoms with Crippen LogP contribution in [0.1, 0.15) is 12.8 Å². The first-order valence-corrected chi connectivity index (χ1v) is 7.27. The number of alkyl halides is 1. The van der Waals surface area contributed by atoms with Crippen LogP contribution in [-0.4, -0.2) is 13.6 Å². The fourth-order valence-electron chi connectivity index (χ4n) is 0.795. The maximum absolute atomic E-state index is 8.32. The van der Waals surface area contributed by atoms with E-state index in [0.717, 1.165) is 18.0 Å². The summed E-state index contributed by atoms with van der Waals surface area (Å²) in [6.07, 6.45) is 1.62. The monoisotopic (exact) mass is 187 g/mol. The lowest BCUT2D eigenvalue weighted by molar-refractivity contribution is 0.946. The van der Waals surface area contributed by atoms with Gasteiger partial charge in [-0.1, -0.05) is 12.6 Å². The molecule has 0 aliphatic rings. The zero-order valence-electron chi connectivity index (χ0n) is 6.94. The van der Waals surface area contributed by atoms with Gasteiger partial charge in [0.15, 0.2) is 0 Å². The van der Waals surface area contributed by atoms with Gasteiger partial charge in [0.05, 0.1) is 14.1 Å². The number of hydrogen-bond acceptors (Lipinski definition) is 1. The molecular formula is C8H14ClNSi. The van der Waals surface area contributed by atoms with Crippen molar-refractivity contribution in [2.45, 2.75) is 25.4 Å². The smallest absolute Gasteiger partial charge is 0.0895 e. The standard InChI is InChI=1S/C8H14ClNSi/c1-3-11(2,8-9)7-5-4-6-10/h3H,1,4-5,7-8H2,2H3. The van der Waals surface area contributed by atoms with Crippen LogP contribution in [-0.2, 0) is 0 Å². The van der Waals surface area contributed by atoms with Crippen molar-refractivity contribution in [3.63, 3.8) is 0 Å². The molecule has 0 aliphatic heterocycles. The molecule has 62 valence electrons. The minimum absolute atomic E-state index is 0.646. The van der Waals surface area contributed by atoms with Crippen LogP contribution in [0.5, 0.6) is 0 Å². The zero-order chi connectivity index (χ0) is 8.74. The van der Waals surface area contributed by atoms with E-state index in [0.29, 0.717) is 6.42 Å². The topological polar surface area (TPSA) is 23.8 Å². The fourth-order valence-corrected chi connectivity index (χ4v) is 2.95. The zero-order valence-corrected chi connectivity index (χ0v) is 8.69. The van der Waals surface area contributed by atoms with Crippen LogP contribution >= 0.6 is 11.6 Å². The van der Waals surface area contributed by atoms with E-state index in [2.05, 4.69) is 19.2 Å². The SMILES string of the molecule is C=C[Si](C)(CCl)CCCC#N. The maximum atomic E-state index is 8.32. The van der Waals surface area contributed by atoms with E-state index in [9.17, 15) is 0 Å². The molecule has 1 unspecified atom stereocenters. The summed E-state index contributed by atoms with van der Waals surface area (Å²) in [6.45, 7) is 5.98. The molecule has 0 N–H and O–H groups in total. The summed E-state index contributed by atoms with van der Waals surface area (Å²) in [5.41, 5.74) is 2.74. The van der Waals surface area contributed by atoms with E-state index >= 15 is 0 Å². The van der Waals surface area contributed by atoms with Crippen molar-refractivity contribution in [2.24, 2.45) is 0 Å². The lowest BCUT2D eigenvalue weighted by Gasteiger charge is -2.18. The molecular weight excluding hydrogens is 174 g/mol. The van der Waals surface area contributed by atoms with Crippen LogP contribution in [0.2, 0.25) is 12.6 Å². The summed E-state index contributed by atoms with van der Waals surface area (Å²) >= 11 is 5.80. The van der Waals surface area contributed by atoms with Gasteiger partial charge in [0.2, 0.25) is 0 Å². The summed E-state index contributed by atoms with van der Waals surface area (Å²) in [7, 11) is -1.36. The molecule has 0 radical (unpaired) electrons. The van der Waals surface area contributed by atoms with Crippen LogP contribution in [0.25, 0.3) is 0 Å². The minimum atomic E-state index is -1.36. The molecule has 0 spiro atoms. The summed E-state index contributed by atoms with van der Waals surface area (Å²) in [6, 6.07) is 3.22. The van der Waals surface area contributed by atoms with Crippen molar-refractivity contribution >= 4 is 19.7 Å². The van der Waals surface area contributed by atoms with Crippen LogP contribution < -0.4 is 0 Å². The average Bonchev–Trinajstić information content (AvgIpc) is 2.05. The van der Waals surface area contributed by atoms with Crippen molar-refractivity contribution in [1.82, 2.24) is 0 Å². The van der Waals surface area contributed by atoms with E-state index in [1.807, 2.05) is 5.70 Å². The van der Waals surface area contributed by atoms with Gasteiger partial charge in [0.1, 0.15) is 0 Å². The normalized spacial score (nSPS) is 15.0. The molecule has 0 aromatic carbocycles. The van der Waals surface area contributed by atoms with Crippen LogP contribution in [0.4, 0.5) is 0 Å². The Morgan fingerprint density at radius 1 is 1.73 bits per heavy atom. The van der Waals surface area contributed by atoms with Crippen LogP contribution in [0.3, 0.4) is 0 Å². The highest BCUT2D eigenvalue weighted by Gasteiger charge is 2.20. The molecule has 0 fully saturated rings. The van der Waals surface area contributed by atoms with E-state index in [-0.39, 0.29) is 0 Å². The Morgan fingerprint density at radius 3 is 2.73 bits per heavy atom. The van der Waals surface area contributed by atoms with Crippen LogP contribution in [0.15, 0.2) is 12.3 Å². The Balaban J connectivity index is 3.71. The summed E-state index contributed by atoms with van der Waals surface area (Å²) < 4.78 is 0. The predicted octanol–water partition coefficient (Wildman–Crippen LogP) is 2.87. The Bertz CT molecular complexity index is 164. The molecule has 0 bridgehead atoms. The molecule has 0 aliphatic carbocycles. The lowest BCUT2D eigenvalue weighted by atomic mass is 10.4. The summed E-state index contributed by atoms with van der Waals surface area (Å²) in [5.74, 6) is 0. The van der Waals surface area contributed by atoms with Gasteiger partial charge >= 0.3 is 0 Å². The second kappa shape index (κ2) is 5.40. The van der Waals surface area contributed by atoms with E-state index < -0.39 is 8.07 Å². The highest BCUT2D eigenvalue weighted by Crippen LogP contribution is 2.16. The number of halogens is 1. The van der Waals surface area contributed by atoms with Crippen molar-refractivity contribution in [3.05, 3.63) is 12.3 Å². The molecule has 0 heterocycles. The number of unbranched alkanes of at least 4 members (excludes halogenated alkanes) is 1. The molecule has 3 heteroatoms. The molecule has 0 amide bonds. The van der Waals surface area contributed by atoms with E-state index in [1.54, 1.807) is 0 Å². The molecule has 1 atom stereocenters. The summed E-state index contributed by atoms with van der Waals surface area (Å²) in [5, 5.41) is 8.32. The first kappa shape index (κ1) is 10.7. The predicted molar refractivity (Wildman–Crippen MR) is 52.2 cm³/mol. The van der Waals surface area contributed by atoms with Gasteiger partial charge in [-0.2, -0.15) is 5.26 Å². The Morgan fingerprint density at radius 2 is 2.36 bits per heavy atom. The molecule has 1 nitrogen and oxygen atoms in total. The average molecular weight is 188 g/mol. The fraction of sp³-hybridized carbons (Fsp3) is 0.625. The number of nitriles is 1. The largest absolute Gasteiger partial charge is 0.198 e. The Labute approximate surface area is 74.7 Å². The van der Waals surface area contributed by atoms with Gasteiger partial charge < -0.3 is 0 Å².